The number of hydrogen-bond donors (Lipinski definition) is 0. The molecule has 2 aliphatic carbocycles. The first-order valence-corrected chi connectivity index (χ1v) is 3.30. The molecule has 0 atom stereocenters. The van der Waals surface area contributed by atoms with Crippen LogP contribution in [0.2, 0.25) is 0 Å². The summed E-state index contributed by atoms with van der Waals surface area (Å²) in [6, 6.07) is 8.48. The van der Waals surface area contributed by atoms with Crippen molar-refractivity contribution in [2.75, 3.05) is 0 Å². The van der Waals surface area contributed by atoms with Gasteiger partial charge in [-0.3, -0.25) is 0 Å². The molecule has 0 saturated heterocycles. The van der Waals surface area contributed by atoms with Crippen molar-refractivity contribution in [1.29, 1.82) is 0 Å². The molecule has 2 nitrogen and oxygen atoms in total. The van der Waals surface area contributed by atoms with Gasteiger partial charge in [0, 0.05) is 0 Å². The first-order valence-electron chi connectivity index (χ1n) is 2.48. The van der Waals surface area contributed by atoms with E-state index >= 15 is 0 Å². The van der Waals surface area contributed by atoms with Gasteiger partial charge in [-0.05, 0) is 11.1 Å². The predicted molar refractivity (Wildman–Crippen MR) is 51.4 cm³/mol. The van der Waals surface area contributed by atoms with Crippen LogP contribution in [-0.2, 0) is 11.6 Å². The van der Waals surface area contributed by atoms with Gasteiger partial charge in [-0.15, -0.1) is 0 Å². The summed E-state index contributed by atoms with van der Waals surface area (Å²) in [5.41, 5.74) is 2.85. The monoisotopic (exact) mass is 190 g/mol. The molecule has 11 heavy (non-hydrogen) atoms. The Morgan fingerprint density at radius 3 is 1.00 bits per heavy atom. The molecule has 52 valence electrons. The van der Waals surface area contributed by atoms with E-state index < -0.39 is 11.6 Å². The van der Waals surface area contributed by atoms with Crippen molar-refractivity contribution in [3.8, 4) is 11.1 Å². The fraction of sp³-hybridized carbons (Fsp3) is 0. The fourth-order valence-electron chi connectivity index (χ4n) is 0.663. The first kappa shape index (κ1) is 14.7. The third-order valence-corrected chi connectivity index (χ3v) is 1.22. The minimum Gasteiger partial charge on any atom is -0.0538 e. The molecule has 0 aromatic heterocycles. The first-order chi connectivity index (χ1) is 4.38. The molecule has 0 aromatic rings. The van der Waals surface area contributed by atoms with E-state index in [-0.39, 0.29) is 59.1 Å². The Bertz CT molecular complexity index is 220. The van der Waals surface area contributed by atoms with Crippen LogP contribution in [-0.4, -0.2) is 67.5 Å². The summed E-state index contributed by atoms with van der Waals surface area (Å²) >= 11 is -1.42. The van der Waals surface area contributed by atoms with Gasteiger partial charge in [0.15, 0.2) is 0 Å². The van der Waals surface area contributed by atoms with Gasteiger partial charge in [0.05, 0.1) is 0 Å². The van der Waals surface area contributed by atoms with Crippen molar-refractivity contribution in [3.05, 3.63) is 24.3 Å². The van der Waals surface area contributed by atoms with Gasteiger partial charge in [-0.25, -0.2) is 8.42 Å². The Kier molecular flexibility index (Phi) is 10.4. The molecule has 0 bridgehead atoms. The minimum absolute atomic E-state index is 0. The predicted octanol–water partition coefficient (Wildman–Crippen LogP) is -0.836. The molecule has 0 radical (unpaired) electrons. The average molecular weight is 190 g/mol. The molecule has 2 aliphatic rings. The summed E-state index contributed by atoms with van der Waals surface area (Å²) in [7, 11) is 0. The Balaban J connectivity index is 0. The van der Waals surface area contributed by atoms with E-state index in [1.54, 1.807) is 0 Å². The molecule has 0 amide bonds. The van der Waals surface area contributed by atoms with E-state index in [0.717, 1.165) is 0 Å². The molecule has 2 rings (SSSR count). The second kappa shape index (κ2) is 7.80. The summed E-state index contributed by atoms with van der Waals surface area (Å²) < 4.78 is 16.8. The molecule has 0 fully saturated rings. The molecule has 0 unspecified atom stereocenters. The van der Waals surface area contributed by atoms with E-state index in [9.17, 15) is 0 Å². The van der Waals surface area contributed by atoms with E-state index in [1.165, 1.54) is 11.1 Å². The number of benzene rings is 1. The number of hydrogen-bond acceptors (Lipinski definition) is 2. The smallest absolute Gasteiger partial charge is 0.0184 e. The van der Waals surface area contributed by atoms with Crippen LogP contribution in [0.5, 0.6) is 0 Å². The van der Waals surface area contributed by atoms with Gasteiger partial charge >= 0.3 is 59.1 Å². The summed E-state index contributed by atoms with van der Waals surface area (Å²) in [5.74, 6) is 0. The van der Waals surface area contributed by atoms with Crippen LogP contribution >= 0.6 is 0 Å². The summed E-state index contributed by atoms with van der Waals surface area (Å²) in [5, 5.41) is 0. The average Bonchev–Trinajstić information content (AvgIpc) is 1.81. The van der Waals surface area contributed by atoms with Crippen molar-refractivity contribution in [2.24, 2.45) is 0 Å². The van der Waals surface area contributed by atoms with Crippen LogP contribution in [0, 0.1) is 0 Å². The molecule has 0 spiro atoms. The second-order valence-electron chi connectivity index (χ2n) is 1.66. The van der Waals surface area contributed by atoms with Crippen molar-refractivity contribution in [1.82, 2.24) is 0 Å². The van der Waals surface area contributed by atoms with Crippen molar-refractivity contribution in [2.45, 2.75) is 0 Å². The topological polar surface area (TPSA) is 34.1 Å². The van der Waals surface area contributed by atoms with E-state index in [1.807, 2.05) is 0 Å². The van der Waals surface area contributed by atoms with Gasteiger partial charge in [0.1, 0.15) is 11.6 Å². The van der Waals surface area contributed by atoms with E-state index in [4.69, 9.17) is 8.42 Å². The Labute approximate surface area is 113 Å². The van der Waals surface area contributed by atoms with Crippen LogP contribution < -0.4 is 0 Å². The number of rotatable bonds is 0. The van der Waals surface area contributed by atoms with Crippen molar-refractivity contribution < 1.29 is 8.42 Å². The van der Waals surface area contributed by atoms with Crippen molar-refractivity contribution >= 4 is 70.7 Å². The van der Waals surface area contributed by atoms with E-state index in [0.29, 0.717) is 0 Å². The van der Waals surface area contributed by atoms with Gasteiger partial charge in [0.25, 0.3) is 0 Å². The molecular weight excluding hydrogens is 182 g/mol. The molecule has 0 heterocycles. The third-order valence-electron chi connectivity index (χ3n) is 1.22. The van der Waals surface area contributed by atoms with Crippen LogP contribution in [0.15, 0.2) is 24.3 Å². The SMILES string of the molecule is O=[SH2]=O.[NaH].[NaH].c1cc2ccc1-2. The molecule has 0 saturated carbocycles. The summed E-state index contributed by atoms with van der Waals surface area (Å²) in [6.45, 7) is 0. The molecule has 0 aromatic carbocycles. The maximum Gasteiger partial charge on any atom is -0.0184 e. The van der Waals surface area contributed by atoms with Crippen LogP contribution in [0.25, 0.3) is 11.1 Å². The minimum atomic E-state index is -1.42. The molecular formula is C6H8Na2O2S. The maximum atomic E-state index is 8.40. The zero-order valence-corrected chi connectivity index (χ0v) is 5.63. The largest absolute Gasteiger partial charge is 0.0538 e. The van der Waals surface area contributed by atoms with Crippen LogP contribution in [0.4, 0.5) is 0 Å². The van der Waals surface area contributed by atoms with Gasteiger partial charge in [-0.2, -0.15) is 0 Å². The zero-order valence-electron chi connectivity index (χ0n) is 4.63. The van der Waals surface area contributed by atoms with Crippen LogP contribution in [0.1, 0.15) is 0 Å². The quantitative estimate of drug-likeness (QED) is 0.508. The van der Waals surface area contributed by atoms with Gasteiger partial charge in [-0.1, -0.05) is 24.3 Å². The molecule has 5 heteroatoms. The zero-order chi connectivity index (χ0) is 6.69. The molecule has 0 aliphatic heterocycles. The Morgan fingerprint density at radius 2 is 1.00 bits per heavy atom. The number of fused-ring (bicyclic) bond motifs is 1. The molecule has 0 N–H and O–H groups in total. The van der Waals surface area contributed by atoms with Gasteiger partial charge < -0.3 is 0 Å². The fourth-order valence-corrected chi connectivity index (χ4v) is 0.663. The standard InChI is InChI=1S/C6H4.2Na.H2O2S.2H/c1-2-6-4-3-5(1)6;;;1-3-2;;/h1-4H;;;3H2;;. The van der Waals surface area contributed by atoms with Crippen molar-refractivity contribution in [3.63, 3.8) is 0 Å². The summed E-state index contributed by atoms with van der Waals surface area (Å²) in [6.07, 6.45) is 0. The Hall–Kier alpha value is 1.17. The third kappa shape index (κ3) is 4.08. The Morgan fingerprint density at radius 1 is 0.818 bits per heavy atom. The second-order valence-corrected chi connectivity index (χ2v) is 1.83. The van der Waals surface area contributed by atoms with Crippen LogP contribution in [0.3, 0.4) is 0 Å². The summed E-state index contributed by atoms with van der Waals surface area (Å²) in [4.78, 5) is 0. The maximum absolute atomic E-state index is 8.40. The normalized spacial score (nSPS) is 7.64. The van der Waals surface area contributed by atoms with E-state index in [2.05, 4.69) is 24.3 Å². The van der Waals surface area contributed by atoms with Gasteiger partial charge in [0.2, 0.25) is 0 Å².